The summed E-state index contributed by atoms with van der Waals surface area (Å²) < 4.78 is 12.7. The number of hydrogen-bond acceptors (Lipinski definition) is 3. The highest BCUT2D eigenvalue weighted by atomic mass is 19.1. The van der Waals surface area contributed by atoms with Gasteiger partial charge in [0.2, 0.25) is 16.5 Å². The number of carbonyl (C=O) groups excluding carboxylic acids is 1. The predicted octanol–water partition coefficient (Wildman–Crippen LogP) is 1.09. The number of fused-ring (bicyclic) bond motifs is 1. The van der Waals surface area contributed by atoms with Crippen molar-refractivity contribution in [1.29, 1.82) is 0 Å². The highest BCUT2D eigenvalue weighted by Crippen LogP contribution is 2.23. The monoisotopic (exact) mass is 182 g/mol. The summed E-state index contributed by atoms with van der Waals surface area (Å²) in [5.74, 6) is -0.849. The van der Waals surface area contributed by atoms with Crippen LogP contribution in [0, 0.1) is 10.7 Å². The maximum Gasteiger partial charge on any atom is 0.310 e. The summed E-state index contributed by atoms with van der Waals surface area (Å²) in [5.41, 5.74) is 0.118. The average molecular weight is 182 g/mol. The molecule has 0 N–H and O–H groups in total. The molecule has 4 nitrogen and oxygen atoms in total. The van der Waals surface area contributed by atoms with Gasteiger partial charge < -0.3 is 0 Å². The summed E-state index contributed by atoms with van der Waals surface area (Å²) in [6.07, 6.45) is 0. The number of carbonyl (C=O) groups is 1. The molecule has 2 rings (SSSR count). The molecule has 0 bridgehead atoms. The number of hydrogen-bond donors (Lipinski definition) is 0. The lowest BCUT2D eigenvalue weighted by molar-refractivity contribution is -0.754. The van der Waals surface area contributed by atoms with Gasteiger partial charge in [-0.2, -0.15) is 4.84 Å². The SMILES string of the molecule is O=C1C[N+](=O)Oc2ccc(F)cc21. The molecule has 13 heavy (non-hydrogen) atoms. The number of halogens is 1. The standard InChI is InChI=1S/C8H5FNO3/c9-5-1-2-8-6(3-5)7(11)4-10(12)13-8/h1-3H,4H2/q+1. The molecule has 0 amide bonds. The van der Waals surface area contributed by atoms with E-state index in [9.17, 15) is 14.1 Å². The molecule has 0 spiro atoms. The van der Waals surface area contributed by atoms with Crippen LogP contribution >= 0.6 is 0 Å². The fraction of sp³-hybridized carbons (Fsp3) is 0.125. The first-order valence-electron chi connectivity index (χ1n) is 3.62. The summed E-state index contributed by atoms with van der Waals surface area (Å²) in [5, 5.41) is 0. The Labute approximate surface area is 72.5 Å². The van der Waals surface area contributed by atoms with E-state index in [0.717, 1.165) is 12.1 Å². The minimum absolute atomic E-state index is 0.104. The van der Waals surface area contributed by atoms with Crippen LogP contribution in [0.1, 0.15) is 10.4 Å². The number of rotatable bonds is 0. The summed E-state index contributed by atoms with van der Waals surface area (Å²) in [7, 11) is 0. The molecular formula is C8H5FNO3+. The molecule has 1 aliphatic heterocycles. The van der Waals surface area contributed by atoms with Crippen LogP contribution in [0.15, 0.2) is 18.2 Å². The van der Waals surface area contributed by atoms with Crippen molar-refractivity contribution in [3.63, 3.8) is 0 Å². The van der Waals surface area contributed by atoms with Crippen molar-refractivity contribution < 1.29 is 18.9 Å². The molecule has 66 valence electrons. The summed E-state index contributed by atoms with van der Waals surface area (Å²) in [4.78, 5) is 26.7. The molecule has 1 aliphatic rings. The van der Waals surface area contributed by atoms with Crippen LogP contribution in [0.25, 0.3) is 0 Å². The van der Waals surface area contributed by atoms with Crippen molar-refractivity contribution in [1.82, 2.24) is 0 Å². The Morgan fingerprint density at radius 2 is 2.23 bits per heavy atom. The third-order valence-corrected chi connectivity index (χ3v) is 1.71. The predicted molar refractivity (Wildman–Crippen MR) is 39.9 cm³/mol. The van der Waals surface area contributed by atoms with Gasteiger partial charge in [0.15, 0.2) is 0 Å². The Balaban J connectivity index is 2.55. The van der Waals surface area contributed by atoms with Crippen molar-refractivity contribution in [2.45, 2.75) is 0 Å². The zero-order valence-corrected chi connectivity index (χ0v) is 6.49. The first-order valence-corrected chi connectivity index (χ1v) is 3.62. The second-order valence-electron chi connectivity index (χ2n) is 2.65. The Kier molecular flexibility index (Phi) is 1.58. The molecule has 0 unspecified atom stereocenters. The zero-order valence-electron chi connectivity index (χ0n) is 6.49. The van der Waals surface area contributed by atoms with Crippen molar-refractivity contribution in [2.24, 2.45) is 0 Å². The van der Waals surface area contributed by atoms with Crippen molar-refractivity contribution in [3.05, 3.63) is 34.5 Å². The van der Waals surface area contributed by atoms with Crippen molar-refractivity contribution in [2.75, 3.05) is 6.54 Å². The fourth-order valence-corrected chi connectivity index (χ4v) is 1.14. The Hall–Kier alpha value is -1.78. The molecule has 0 aromatic heterocycles. The number of ketones is 1. The lowest BCUT2D eigenvalue weighted by Crippen LogP contribution is -2.28. The molecule has 0 saturated carbocycles. The van der Waals surface area contributed by atoms with E-state index in [1.807, 2.05) is 0 Å². The van der Waals surface area contributed by atoms with Gasteiger partial charge in [-0.25, -0.2) is 4.39 Å². The van der Waals surface area contributed by atoms with E-state index in [2.05, 4.69) is 4.84 Å². The molecule has 1 aromatic rings. The van der Waals surface area contributed by atoms with Gasteiger partial charge in [-0.3, -0.25) is 4.79 Å². The normalized spacial score (nSPS) is 15.2. The second-order valence-corrected chi connectivity index (χ2v) is 2.65. The number of nitrogens with zero attached hydrogens (tertiary/aromatic N) is 1. The molecule has 0 radical (unpaired) electrons. The third-order valence-electron chi connectivity index (χ3n) is 1.71. The lowest BCUT2D eigenvalue weighted by Gasteiger charge is -2.06. The average Bonchev–Trinajstić information content (AvgIpc) is 2.06. The molecule has 5 heteroatoms. The topological polar surface area (TPSA) is 46.4 Å². The zero-order chi connectivity index (χ0) is 9.42. The van der Waals surface area contributed by atoms with Gasteiger partial charge in [0, 0.05) is 0 Å². The van der Waals surface area contributed by atoms with Gasteiger partial charge in [0.25, 0.3) is 0 Å². The van der Waals surface area contributed by atoms with E-state index >= 15 is 0 Å². The van der Waals surface area contributed by atoms with Crippen LogP contribution in [-0.2, 0) is 0 Å². The van der Waals surface area contributed by atoms with E-state index in [4.69, 9.17) is 0 Å². The van der Waals surface area contributed by atoms with Gasteiger partial charge in [-0.1, -0.05) is 0 Å². The summed E-state index contributed by atoms with van der Waals surface area (Å²) in [6.45, 7) is -0.392. The van der Waals surface area contributed by atoms with Crippen LogP contribution in [-0.4, -0.2) is 17.3 Å². The Bertz CT molecular complexity index is 402. The highest BCUT2D eigenvalue weighted by molar-refractivity contribution is 5.99. The lowest BCUT2D eigenvalue weighted by atomic mass is 10.1. The quantitative estimate of drug-likeness (QED) is 0.603. The van der Waals surface area contributed by atoms with E-state index < -0.39 is 18.1 Å². The van der Waals surface area contributed by atoms with Gasteiger partial charge in [-0.05, 0) is 18.2 Å². The molecule has 1 aromatic carbocycles. The molecular weight excluding hydrogens is 177 g/mol. The second kappa shape index (κ2) is 2.62. The largest absolute Gasteiger partial charge is 0.310 e. The van der Waals surface area contributed by atoms with Crippen LogP contribution < -0.4 is 4.84 Å². The highest BCUT2D eigenvalue weighted by Gasteiger charge is 2.31. The van der Waals surface area contributed by atoms with Crippen LogP contribution in [0.2, 0.25) is 0 Å². The van der Waals surface area contributed by atoms with Gasteiger partial charge in [0.05, 0.1) is 10.5 Å². The number of benzene rings is 1. The minimum Gasteiger partial charge on any atom is -0.286 e. The molecule has 0 atom stereocenters. The number of Topliss-reactive ketones (excluding diaryl/α,β-unsaturated/α-hetero) is 1. The van der Waals surface area contributed by atoms with Gasteiger partial charge >= 0.3 is 6.54 Å². The van der Waals surface area contributed by atoms with E-state index in [1.165, 1.54) is 6.07 Å². The van der Waals surface area contributed by atoms with Crippen molar-refractivity contribution >= 4 is 5.78 Å². The Morgan fingerprint density at radius 1 is 1.46 bits per heavy atom. The van der Waals surface area contributed by atoms with E-state index in [-0.39, 0.29) is 16.2 Å². The van der Waals surface area contributed by atoms with Crippen LogP contribution in [0.3, 0.4) is 0 Å². The maximum absolute atomic E-state index is 12.7. The third kappa shape index (κ3) is 1.28. The molecule has 0 aliphatic carbocycles. The van der Waals surface area contributed by atoms with E-state index in [1.54, 1.807) is 0 Å². The molecule has 0 saturated heterocycles. The first-order chi connectivity index (χ1) is 6.16. The Morgan fingerprint density at radius 3 is 3.00 bits per heavy atom. The van der Waals surface area contributed by atoms with Gasteiger partial charge in [-0.15, -0.1) is 0 Å². The summed E-state index contributed by atoms with van der Waals surface area (Å²) in [6, 6.07) is 3.45. The van der Waals surface area contributed by atoms with Crippen LogP contribution in [0.5, 0.6) is 5.75 Å². The first kappa shape index (κ1) is 7.85. The van der Waals surface area contributed by atoms with E-state index in [0.29, 0.717) is 0 Å². The molecule has 1 heterocycles. The maximum atomic E-state index is 12.7. The van der Waals surface area contributed by atoms with Gasteiger partial charge in [0.1, 0.15) is 5.82 Å². The van der Waals surface area contributed by atoms with Crippen molar-refractivity contribution in [3.8, 4) is 5.75 Å². The minimum atomic E-state index is -0.518. The fourth-order valence-electron chi connectivity index (χ4n) is 1.14. The summed E-state index contributed by atoms with van der Waals surface area (Å²) >= 11 is 0. The van der Waals surface area contributed by atoms with Crippen LogP contribution in [0.4, 0.5) is 4.39 Å². The smallest absolute Gasteiger partial charge is 0.286 e. The molecule has 0 fully saturated rings.